The summed E-state index contributed by atoms with van der Waals surface area (Å²) < 4.78 is 0. The van der Waals surface area contributed by atoms with Crippen molar-refractivity contribution in [2.24, 2.45) is 11.7 Å². The van der Waals surface area contributed by atoms with Gasteiger partial charge in [0.15, 0.2) is 0 Å². The van der Waals surface area contributed by atoms with Gasteiger partial charge in [0.2, 0.25) is 0 Å². The van der Waals surface area contributed by atoms with Crippen LogP contribution in [0.4, 0.5) is 0 Å². The Morgan fingerprint density at radius 1 is 1.40 bits per heavy atom. The molecule has 0 spiro atoms. The van der Waals surface area contributed by atoms with Gasteiger partial charge in [-0.2, -0.15) is 0 Å². The molecule has 1 fully saturated rings. The molecule has 1 aliphatic rings. The topological polar surface area (TPSA) is 41.3 Å². The van der Waals surface area contributed by atoms with Crippen LogP contribution in [0.1, 0.15) is 33.1 Å². The summed E-state index contributed by atoms with van der Waals surface area (Å²) in [5.41, 5.74) is 5.48. The normalized spacial score (nSPS) is 21.8. The minimum atomic E-state index is 0.663. The third kappa shape index (κ3) is 4.49. The van der Waals surface area contributed by atoms with Gasteiger partial charge in [-0.3, -0.25) is 0 Å². The van der Waals surface area contributed by atoms with Gasteiger partial charge in [-0.25, -0.2) is 0 Å². The van der Waals surface area contributed by atoms with E-state index < -0.39 is 0 Å². The Kier molecular flexibility index (Phi) is 6.22. The molecule has 3 heteroatoms. The minimum absolute atomic E-state index is 0.663. The number of hydrogen-bond acceptors (Lipinski definition) is 3. The zero-order valence-corrected chi connectivity index (χ0v) is 10.3. The molecule has 0 aliphatic carbocycles. The highest BCUT2D eigenvalue weighted by Crippen LogP contribution is 2.20. The molecule has 0 bridgehead atoms. The van der Waals surface area contributed by atoms with Crippen molar-refractivity contribution in [3.8, 4) is 0 Å². The lowest BCUT2D eigenvalue weighted by Crippen LogP contribution is -2.42. The van der Waals surface area contributed by atoms with Crippen molar-refractivity contribution >= 4 is 0 Å². The molecule has 3 N–H and O–H groups in total. The molecule has 1 unspecified atom stereocenters. The molecule has 3 nitrogen and oxygen atoms in total. The van der Waals surface area contributed by atoms with Crippen LogP contribution in [-0.4, -0.2) is 43.7 Å². The Morgan fingerprint density at radius 2 is 2.07 bits per heavy atom. The monoisotopic (exact) mass is 213 g/mol. The van der Waals surface area contributed by atoms with Crippen molar-refractivity contribution in [3.63, 3.8) is 0 Å². The molecule has 0 aromatic heterocycles. The van der Waals surface area contributed by atoms with Gasteiger partial charge in [0.05, 0.1) is 0 Å². The molecule has 0 amide bonds. The van der Waals surface area contributed by atoms with Gasteiger partial charge in [0, 0.05) is 6.04 Å². The quantitative estimate of drug-likeness (QED) is 0.648. The van der Waals surface area contributed by atoms with E-state index in [2.05, 4.69) is 24.1 Å². The number of hydrogen-bond donors (Lipinski definition) is 2. The van der Waals surface area contributed by atoms with E-state index in [1.54, 1.807) is 0 Å². The van der Waals surface area contributed by atoms with Crippen LogP contribution in [0, 0.1) is 5.92 Å². The van der Waals surface area contributed by atoms with E-state index in [9.17, 15) is 0 Å². The fourth-order valence-electron chi connectivity index (χ4n) is 2.37. The Hall–Kier alpha value is -0.120. The van der Waals surface area contributed by atoms with Crippen LogP contribution in [0.15, 0.2) is 0 Å². The molecule has 0 saturated carbocycles. The van der Waals surface area contributed by atoms with E-state index in [1.807, 2.05) is 0 Å². The second-order valence-corrected chi connectivity index (χ2v) is 4.66. The van der Waals surface area contributed by atoms with Crippen molar-refractivity contribution in [1.29, 1.82) is 0 Å². The minimum Gasteiger partial charge on any atom is -0.330 e. The molecule has 0 radical (unpaired) electrons. The standard InChI is InChI=1S/C12H27N3/c1-3-15-9-5-12(6-10-15)11(2)14-8-4-7-13/h11-12,14H,3-10,13H2,1-2H3. The van der Waals surface area contributed by atoms with Crippen LogP contribution in [0.2, 0.25) is 0 Å². The second-order valence-electron chi connectivity index (χ2n) is 4.66. The number of nitrogens with one attached hydrogen (secondary N) is 1. The first-order valence-electron chi connectivity index (χ1n) is 6.43. The highest BCUT2D eigenvalue weighted by Gasteiger charge is 2.22. The maximum Gasteiger partial charge on any atom is 0.00679 e. The predicted octanol–water partition coefficient (Wildman–Crippen LogP) is 1.05. The Bertz CT molecular complexity index is 153. The molecule has 1 saturated heterocycles. The summed E-state index contributed by atoms with van der Waals surface area (Å²) in [6, 6.07) is 0.663. The summed E-state index contributed by atoms with van der Waals surface area (Å²) in [7, 11) is 0. The van der Waals surface area contributed by atoms with E-state index in [4.69, 9.17) is 5.73 Å². The van der Waals surface area contributed by atoms with Crippen LogP contribution in [0.5, 0.6) is 0 Å². The maximum absolute atomic E-state index is 5.48. The lowest BCUT2D eigenvalue weighted by molar-refractivity contribution is 0.169. The summed E-state index contributed by atoms with van der Waals surface area (Å²) >= 11 is 0. The number of nitrogens with zero attached hydrogens (tertiary/aromatic N) is 1. The fourth-order valence-corrected chi connectivity index (χ4v) is 2.37. The highest BCUT2D eigenvalue weighted by atomic mass is 15.1. The Balaban J connectivity index is 2.15. The van der Waals surface area contributed by atoms with Crippen molar-refractivity contribution in [3.05, 3.63) is 0 Å². The third-order valence-corrected chi connectivity index (χ3v) is 3.63. The van der Waals surface area contributed by atoms with Gasteiger partial charge in [-0.05, 0) is 64.8 Å². The van der Waals surface area contributed by atoms with E-state index in [1.165, 1.54) is 32.5 Å². The molecular formula is C12H27N3. The van der Waals surface area contributed by atoms with E-state index in [-0.39, 0.29) is 0 Å². The third-order valence-electron chi connectivity index (χ3n) is 3.63. The molecule has 15 heavy (non-hydrogen) atoms. The zero-order valence-electron chi connectivity index (χ0n) is 10.3. The molecule has 1 rings (SSSR count). The average Bonchev–Trinajstić information content (AvgIpc) is 2.29. The predicted molar refractivity (Wildman–Crippen MR) is 66.0 cm³/mol. The van der Waals surface area contributed by atoms with E-state index in [0.717, 1.165) is 25.4 Å². The first-order valence-corrected chi connectivity index (χ1v) is 6.43. The van der Waals surface area contributed by atoms with Crippen LogP contribution in [0.3, 0.4) is 0 Å². The van der Waals surface area contributed by atoms with Crippen molar-refractivity contribution < 1.29 is 0 Å². The lowest BCUT2D eigenvalue weighted by atomic mass is 9.90. The number of piperidine rings is 1. The molecule has 1 heterocycles. The van der Waals surface area contributed by atoms with Gasteiger partial charge in [-0.1, -0.05) is 6.92 Å². The average molecular weight is 213 g/mol. The van der Waals surface area contributed by atoms with Gasteiger partial charge in [0.25, 0.3) is 0 Å². The van der Waals surface area contributed by atoms with Gasteiger partial charge < -0.3 is 16.0 Å². The molecule has 1 atom stereocenters. The van der Waals surface area contributed by atoms with Crippen molar-refractivity contribution in [1.82, 2.24) is 10.2 Å². The first-order chi connectivity index (χ1) is 7.27. The van der Waals surface area contributed by atoms with Gasteiger partial charge in [-0.15, -0.1) is 0 Å². The Labute approximate surface area is 94.4 Å². The van der Waals surface area contributed by atoms with Crippen LogP contribution in [-0.2, 0) is 0 Å². The zero-order chi connectivity index (χ0) is 11.1. The van der Waals surface area contributed by atoms with Gasteiger partial charge >= 0.3 is 0 Å². The number of rotatable bonds is 6. The largest absolute Gasteiger partial charge is 0.330 e. The highest BCUT2D eigenvalue weighted by molar-refractivity contribution is 4.79. The maximum atomic E-state index is 5.48. The molecule has 0 aromatic carbocycles. The van der Waals surface area contributed by atoms with Crippen LogP contribution >= 0.6 is 0 Å². The number of likely N-dealkylation sites (tertiary alicyclic amines) is 1. The summed E-state index contributed by atoms with van der Waals surface area (Å²) in [5, 5.41) is 3.59. The summed E-state index contributed by atoms with van der Waals surface area (Å²) in [6.07, 6.45) is 3.80. The second kappa shape index (κ2) is 7.20. The van der Waals surface area contributed by atoms with E-state index in [0.29, 0.717) is 6.04 Å². The fraction of sp³-hybridized carbons (Fsp3) is 1.00. The first kappa shape index (κ1) is 12.9. The van der Waals surface area contributed by atoms with E-state index >= 15 is 0 Å². The summed E-state index contributed by atoms with van der Waals surface area (Å²) in [4.78, 5) is 2.54. The molecule has 0 aromatic rings. The van der Waals surface area contributed by atoms with Crippen LogP contribution in [0.25, 0.3) is 0 Å². The lowest BCUT2D eigenvalue weighted by Gasteiger charge is -2.34. The molecule has 90 valence electrons. The summed E-state index contributed by atoms with van der Waals surface area (Å²) in [5.74, 6) is 0.866. The van der Waals surface area contributed by atoms with Crippen molar-refractivity contribution in [2.45, 2.75) is 39.2 Å². The number of nitrogens with two attached hydrogens (primary N) is 1. The Morgan fingerprint density at radius 3 is 2.60 bits per heavy atom. The van der Waals surface area contributed by atoms with Crippen molar-refractivity contribution in [2.75, 3.05) is 32.7 Å². The summed E-state index contributed by atoms with van der Waals surface area (Å²) in [6.45, 7) is 10.2. The SMILES string of the molecule is CCN1CCC(C(C)NCCCN)CC1. The smallest absolute Gasteiger partial charge is 0.00679 e. The molecular weight excluding hydrogens is 186 g/mol. The molecule has 1 aliphatic heterocycles. The van der Waals surface area contributed by atoms with Gasteiger partial charge in [0.1, 0.15) is 0 Å². The van der Waals surface area contributed by atoms with Crippen LogP contribution < -0.4 is 11.1 Å².